The third kappa shape index (κ3) is 3.17. The van der Waals surface area contributed by atoms with Crippen LogP contribution in [-0.2, 0) is 6.54 Å². The number of hydrogen-bond donors (Lipinski definition) is 1. The van der Waals surface area contributed by atoms with Gasteiger partial charge in [0.15, 0.2) is 0 Å². The number of halogens is 2. The zero-order valence-corrected chi connectivity index (χ0v) is 12.1. The molecule has 0 atom stereocenters. The molecule has 1 heterocycles. The van der Waals surface area contributed by atoms with E-state index in [2.05, 4.69) is 21.2 Å². The fraction of sp³-hybridized carbons (Fsp3) is 0.154. The summed E-state index contributed by atoms with van der Waals surface area (Å²) in [6, 6.07) is 8.24. The van der Waals surface area contributed by atoms with Crippen LogP contribution in [0.1, 0.15) is 20.8 Å². The van der Waals surface area contributed by atoms with Crippen molar-refractivity contribution in [1.82, 2.24) is 5.32 Å². The van der Waals surface area contributed by atoms with Gasteiger partial charge in [0.25, 0.3) is 5.91 Å². The van der Waals surface area contributed by atoms with E-state index in [0.717, 1.165) is 8.66 Å². The summed E-state index contributed by atoms with van der Waals surface area (Å²) in [6.45, 7) is 2.12. The van der Waals surface area contributed by atoms with Crippen LogP contribution in [0.15, 0.2) is 34.1 Å². The van der Waals surface area contributed by atoms with E-state index in [0.29, 0.717) is 17.7 Å². The first kappa shape index (κ1) is 13.2. The molecular formula is C13H11BrFNOS. The molecule has 0 bridgehead atoms. The van der Waals surface area contributed by atoms with Gasteiger partial charge in [-0.25, -0.2) is 4.39 Å². The summed E-state index contributed by atoms with van der Waals surface area (Å²) >= 11 is 4.94. The highest BCUT2D eigenvalue weighted by molar-refractivity contribution is 9.11. The summed E-state index contributed by atoms with van der Waals surface area (Å²) in [5, 5.41) is 2.80. The molecule has 5 heteroatoms. The Balaban J connectivity index is 2.01. The average molecular weight is 328 g/mol. The largest absolute Gasteiger partial charge is 0.347 e. The van der Waals surface area contributed by atoms with E-state index >= 15 is 0 Å². The lowest BCUT2D eigenvalue weighted by molar-refractivity contribution is 0.0951. The number of nitrogens with one attached hydrogen (secondary N) is 1. The van der Waals surface area contributed by atoms with Crippen LogP contribution in [0.3, 0.4) is 0 Å². The van der Waals surface area contributed by atoms with Gasteiger partial charge < -0.3 is 5.32 Å². The van der Waals surface area contributed by atoms with Crippen molar-refractivity contribution >= 4 is 33.2 Å². The molecule has 0 spiro atoms. The number of thiophene rings is 1. The smallest absolute Gasteiger partial charge is 0.251 e. The lowest BCUT2D eigenvalue weighted by atomic mass is 10.1. The minimum Gasteiger partial charge on any atom is -0.347 e. The van der Waals surface area contributed by atoms with Crippen LogP contribution in [0.5, 0.6) is 0 Å². The molecule has 1 aromatic carbocycles. The van der Waals surface area contributed by atoms with Crippen molar-refractivity contribution in [3.05, 3.63) is 55.9 Å². The van der Waals surface area contributed by atoms with E-state index in [-0.39, 0.29) is 11.7 Å². The molecular weight excluding hydrogens is 317 g/mol. The van der Waals surface area contributed by atoms with Crippen LogP contribution < -0.4 is 5.32 Å². The fourth-order valence-electron chi connectivity index (χ4n) is 1.50. The lowest BCUT2D eigenvalue weighted by Crippen LogP contribution is -2.22. The molecule has 1 N–H and O–H groups in total. The summed E-state index contributed by atoms with van der Waals surface area (Å²) in [5.41, 5.74) is 0.950. The number of amides is 1. The van der Waals surface area contributed by atoms with E-state index in [4.69, 9.17) is 0 Å². The molecule has 0 saturated heterocycles. The van der Waals surface area contributed by atoms with E-state index in [1.165, 1.54) is 12.1 Å². The van der Waals surface area contributed by atoms with Crippen molar-refractivity contribution in [2.45, 2.75) is 13.5 Å². The van der Waals surface area contributed by atoms with Crippen LogP contribution >= 0.6 is 27.3 Å². The zero-order valence-electron chi connectivity index (χ0n) is 9.67. The van der Waals surface area contributed by atoms with Crippen molar-refractivity contribution in [2.75, 3.05) is 0 Å². The maximum atomic E-state index is 13.1. The molecule has 0 aliphatic carbocycles. The van der Waals surface area contributed by atoms with Crippen molar-refractivity contribution in [3.8, 4) is 0 Å². The van der Waals surface area contributed by atoms with E-state index in [1.807, 2.05) is 12.1 Å². The third-order valence-corrected chi connectivity index (χ3v) is 4.10. The molecule has 1 aromatic heterocycles. The van der Waals surface area contributed by atoms with Gasteiger partial charge in [-0.05, 0) is 58.7 Å². The SMILES string of the molecule is Cc1cc(C(=O)NCc2ccc(Br)s2)ccc1F. The Hall–Kier alpha value is -1.20. The van der Waals surface area contributed by atoms with Crippen molar-refractivity contribution in [1.29, 1.82) is 0 Å². The van der Waals surface area contributed by atoms with Gasteiger partial charge in [0.05, 0.1) is 10.3 Å². The number of carbonyl (C=O) groups excluding carboxylic acids is 1. The van der Waals surface area contributed by atoms with Crippen LogP contribution in [0, 0.1) is 12.7 Å². The summed E-state index contributed by atoms with van der Waals surface area (Å²) < 4.78 is 14.1. The summed E-state index contributed by atoms with van der Waals surface area (Å²) in [7, 11) is 0. The molecule has 1 amide bonds. The van der Waals surface area contributed by atoms with Gasteiger partial charge in [0.2, 0.25) is 0 Å². The van der Waals surface area contributed by atoms with E-state index in [9.17, 15) is 9.18 Å². The standard InChI is InChI=1S/C13H11BrFNOS/c1-8-6-9(2-4-11(8)15)13(17)16-7-10-3-5-12(14)18-10/h2-6H,7H2,1H3,(H,16,17). The maximum absolute atomic E-state index is 13.1. The van der Waals surface area contributed by atoms with Crippen LogP contribution in [0.25, 0.3) is 0 Å². The van der Waals surface area contributed by atoms with Crippen LogP contribution in [0.4, 0.5) is 4.39 Å². The van der Waals surface area contributed by atoms with Gasteiger partial charge in [-0.1, -0.05) is 0 Å². The van der Waals surface area contributed by atoms with Crippen molar-refractivity contribution in [3.63, 3.8) is 0 Å². The van der Waals surface area contributed by atoms with E-state index < -0.39 is 0 Å². The van der Waals surface area contributed by atoms with Gasteiger partial charge in [-0.3, -0.25) is 4.79 Å². The number of carbonyl (C=O) groups is 1. The van der Waals surface area contributed by atoms with Gasteiger partial charge in [-0.2, -0.15) is 0 Å². The Bertz CT molecular complexity index is 582. The highest BCUT2D eigenvalue weighted by Gasteiger charge is 2.08. The first-order chi connectivity index (χ1) is 8.56. The minimum absolute atomic E-state index is 0.192. The average Bonchev–Trinajstić information content (AvgIpc) is 2.75. The van der Waals surface area contributed by atoms with Gasteiger partial charge in [0.1, 0.15) is 5.82 Å². The third-order valence-electron chi connectivity index (χ3n) is 2.47. The minimum atomic E-state index is -0.297. The molecule has 0 unspecified atom stereocenters. The second-order valence-electron chi connectivity index (χ2n) is 3.85. The highest BCUT2D eigenvalue weighted by Crippen LogP contribution is 2.21. The molecule has 0 radical (unpaired) electrons. The normalized spacial score (nSPS) is 10.4. The monoisotopic (exact) mass is 327 g/mol. The molecule has 2 aromatic rings. The van der Waals surface area contributed by atoms with Crippen molar-refractivity contribution in [2.24, 2.45) is 0 Å². The number of benzene rings is 1. The van der Waals surface area contributed by atoms with Gasteiger partial charge in [-0.15, -0.1) is 11.3 Å². The quantitative estimate of drug-likeness (QED) is 0.910. The molecule has 2 rings (SSSR count). The maximum Gasteiger partial charge on any atom is 0.251 e. The lowest BCUT2D eigenvalue weighted by Gasteiger charge is -2.05. The van der Waals surface area contributed by atoms with Gasteiger partial charge >= 0.3 is 0 Å². The Morgan fingerprint density at radius 3 is 2.78 bits per heavy atom. The van der Waals surface area contributed by atoms with Crippen LogP contribution in [0.2, 0.25) is 0 Å². The molecule has 94 valence electrons. The Labute approximate surface area is 117 Å². The summed E-state index contributed by atoms with van der Waals surface area (Å²) in [4.78, 5) is 12.9. The highest BCUT2D eigenvalue weighted by atomic mass is 79.9. The Morgan fingerprint density at radius 2 is 2.17 bits per heavy atom. The molecule has 2 nitrogen and oxygen atoms in total. The molecule has 0 fully saturated rings. The molecule has 18 heavy (non-hydrogen) atoms. The number of aryl methyl sites for hydroxylation is 1. The predicted molar refractivity (Wildman–Crippen MR) is 74.3 cm³/mol. The summed E-state index contributed by atoms with van der Waals surface area (Å²) in [5.74, 6) is -0.489. The van der Waals surface area contributed by atoms with Gasteiger partial charge in [0, 0.05) is 10.4 Å². The summed E-state index contributed by atoms with van der Waals surface area (Å²) in [6.07, 6.45) is 0. The zero-order chi connectivity index (χ0) is 13.1. The van der Waals surface area contributed by atoms with Crippen LogP contribution in [-0.4, -0.2) is 5.91 Å². The molecule has 0 saturated carbocycles. The fourth-order valence-corrected chi connectivity index (χ4v) is 2.93. The topological polar surface area (TPSA) is 29.1 Å². The Morgan fingerprint density at radius 1 is 1.39 bits per heavy atom. The first-order valence-electron chi connectivity index (χ1n) is 5.35. The first-order valence-corrected chi connectivity index (χ1v) is 6.96. The number of rotatable bonds is 3. The molecule has 0 aliphatic rings. The predicted octanol–water partition coefficient (Wildman–Crippen LogP) is 3.89. The second-order valence-corrected chi connectivity index (χ2v) is 6.40. The second kappa shape index (κ2) is 5.63. The Kier molecular flexibility index (Phi) is 4.14. The van der Waals surface area contributed by atoms with Crippen molar-refractivity contribution < 1.29 is 9.18 Å². The van der Waals surface area contributed by atoms with E-state index in [1.54, 1.807) is 24.3 Å². The molecule has 0 aliphatic heterocycles. The number of hydrogen-bond acceptors (Lipinski definition) is 2.